The van der Waals surface area contributed by atoms with Crippen molar-refractivity contribution in [2.75, 3.05) is 18.6 Å². The van der Waals surface area contributed by atoms with E-state index in [-0.39, 0.29) is 16.5 Å². The molecule has 0 spiro atoms. The number of carbonyl (C=O) groups is 2. The Morgan fingerprint density at radius 3 is 2.51 bits per heavy atom. The lowest BCUT2D eigenvalue weighted by Crippen LogP contribution is -2.29. The molecule has 1 saturated heterocycles. The number of hydrogen-bond acceptors (Lipinski definition) is 9. The molecule has 41 heavy (non-hydrogen) atoms. The van der Waals surface area contributed by atoms with E-state index >= 15 is 0 Å². The van der Waals surface area contributed by atoms with E-state index in [1.807, 2.05) is 31.2 Å². The number of amides is 1. The van der Waals surface area contributed by atoms with Gasteiger partial charge in [0, 0.05) is 21.4 Å². The second kappa shape index (κ2) is 12.5. The highest BCUT2D eigenvalue weighted by atomic mass is 35.5. The summed E-state index contributed by atoms with van der Waals surface area (Å²) in [6.45, 7) is 2.27. The highest BCUT2D eigenvalue weighted by Crippen LogP contribution is 2.45. The van der Waals surface area contributed by atoms with Gasteiger partial charge in [0.1, 0.15) is 5.76 Å². The van der Waals surface area contributed by atoms with Crippen molar-refractivity contribution in [2.45, 2.75) is 23.1 Å². The molecule has 4 aromatic rings. The molecular weight excluding hydrogens is 605 g/mol. The summed E-state index contributed by atoms with van der Waals surface area (Å²) in [7, 11) is 1.50. The van der Waals surface area contributed by atoms with Crippen LogP contribution in [0.15, 0.2) is 76.6 Å². The third-order valence-electron chi connectivity index (χ3n) is 6.28. The Bertz CT molecular complexity index is 1640. The minimum atomic E-state index is -1.01. The number of aromatic nitrogens is 2. The zero-order chi connectivity index (χ0) is 29.1. The molecule has 1 amide bonds. The minimum absolute atomic E-state index is 0.0935. The van der Waals surface area contributed by atoms with E-state index in [0.717, 1.165) is 5.56 Å². The van der Waals surface area contributed by atoms with Crippen LogP contribution in [0.4, 0.5) is 5.13 Å². The van der Waals surface area contributed by atoms with Gasteiger partial charge in [-0.15, -0.1) is 10.2 Å². The predicted molar refractivity (Wildman–Crippen MR) is 161 cm³/mol. The second-order valence-corrected chi connectivity index (χ2v) is 11.8. The Labute approximate surface area is 254 Å². The number of aliphatic hydroxyl groups is 1. The number of hydrogen-bond donors (Lipinski definition) is 1. The van der Waals surface area contributed by atoms with Gasteiger partial charge in [0.25, 0.3) is 5.78 Å². The molecule has 1 fully saturated rings. The number of aliphatic hydroxyl groups excluding tert-OH is 1. The Kier molecular flexibility index (Phi) is 8.84. The van der Waals surface area contributed by atoms with Gasteiger partial charge in [0.2, 0.25) is 5.13 Å². The number of carbonyl (C=O) groups excluding carboxylic acids is 2. The summed E-state index contributed by atoms with van der Waals surface area (Å²) in [5.41, 5.74) is 1.69. The lowest BCUT2D eigenvalue weighted by atomic mass is 9.95. The third kappa shape index (κ3) is 5.92. The molecule has 0 radical (unpaired) electrons. The van der Waals surface area contributed by atoms with Gasteiger partial charge >= 0.3 is 5.91 Å². The maximum atomic E-state index is 13.5. The lowest BCUT2D eigenvalue weighted by molar-refractivity contribution is -0.132. The van der Waals surface area contributed by atoms with E-state index in [9.17, 15) is 14.7 Å². The van der Waals surface area contributed by atoms with Crippen LogP contribution in [0.5, 0.6) is 11.5 Å². The SMILES string of the molecule is CCOc1ccc(C2/C(=C(/O)c3ccc(Cl)cc3)C(=O)C(=O)N2c2nnc(SCc3ccccc3Cl)s2)cc1OC. The number of methoxy groups -OCH3 is 1. The first-order valence-corrected chi connectivity index (χ1v) is 15.0. The summed E-state index contributed by atoms with van der Waals surface area (Å²) in [5, 5.41) is 21.1. The smallest absolute Gasteiger partial charge is 0.301 e. The average Bonchev–Trinajstić information content (AvgIpc) is 3.55. The highest BCUT2D eigenvalue weighted by Gasteiger charge is 2.48. The Hall–Kier alpha value is -3.57. The fraction of sp³-hybridized carbons (Fsp3) is 0.172. The van der Waals surface area contributed by atoms with E-state index in [1.165, 1.54) is 35.1 Å². The molecule has 1 atom stereocenters. The van der Waals surface area contributed by atoms with E-state index in [2.05, 4.69) is 10.2 Å². The molecule has 1 aliphatic heterocycles. The van der Waals surface area contributed by atoms with E-state index < -0.39 is 17.7 Å². The first kappa shape index (κ1) is 28.9. The van der Waals surface area contributed by atoms with Crippen molar-refractivity contribution in [1.29, 1.82) is 0 Å². The predicted octanol–water partition coefficient (Wildman–Crippen LogP) is 7.17. The van der Waals surface area contributed by atoms with Gasteiger partial charge in [-0.25, -0.2) is 0 Å². The number of ketones is 1. The standard InChI is InChI=1S/C29H23Cl2N3O5S2/c1-3-39-21-13-10-17(14-22(21)38-2)24-23(25(35)16-8-11-19(30)12-9-16)26(36)27(37)34(24)28-32-33-29(41-28)40-15-18-6-4-5-7-20(18)31/h4-14,24,35H,3,15H2,1-2H3/b25-23-. The van der Waals surface area contributed by atoms with Crippen molar-refractivity contribution >= 4 is 68.9 Å². The quantitative estimate of drug-likeness (QED) is 0.0685. The van der Waals surface area contributed by atoms with Crippen molar-refractivity contribution < 1.29 is 24.2 Å². The topological polar surface area (TPSA) is 102 Å². The summed E-state index contributed by atoms with van der Waals surface area (Å²) >= 11 is 14.9. The van der Waals surface area contributed by atoms with Crippen LogP contribution in [0, 0.1) is 0 Å². The number of thioether (sulfide) groups is 1. The first-order chi connectivity index (χ1) is 19.8. The summed E-state index contributed by atoms with van der Waals surface area (Å²) in [5.74, 6) is -0.563. The maximum absolute atomic E-state index is 13.5. The van der Waals surface area contributed by atoms with Gasteiger partial charge in [0.15, 0.2) is 15.8 Å². The molecule has 1 aliphatic rings. The fourth-order valence-electron chi connectivity index (χ4n) is 4.35. The van der Waals surface area contributed by atoms with E-state index in [0.29, 0.717) is 49.4 Å². The molecule has 210 valence electrons. The van der Waals surface area contributed by atoms with Crippen molar-refractivity contribution in [3.63, 3.8) is 0 Å². The van der Waals surface area contributed by atoms with Crippen LogP contribution in [0.2, 0.25) is 10.0 Å². The average molecular weight is 629 g/mol. The van der Waals surface area contributed by atoms with E-state index in [1.54, 1.807) is 42.5 Å². The van der Waals surface area contributed by atoms with Gasteiger partial charge in [0.05, 0.1) is 25.3 Å². The Morgan fingerprint density at radius 1 is 1.05 bits per heavy atom. The fourth-order valence-corrected chi connectivity index (χ4v) is 6.63. The van der Waals surface area contributed by atoms with Crippen LogP contribution in [0.1, 0.15) is 29.7 Å². The normalized spacial score (nSPS) is 16.3. The van der Waals surface area contributed by atoms with Crippen molar-refractivity contribution in [1.82, 2.24) is 10.2 Å². The third-order valence-corrected chi connectivity index (χ3v) is 9.00. The van der Waals surface area contributed by atoms with Crippen LogP contribution >= 0.6 is 46.3 Å². The molecular formula is C29H23Cl2N3O5S2. The summed E-state index contributed by atoms with van der Waals surface area (Å²) in [6.07, 6.45) is 0. The number of nitrogens with zero attached hydrogens (tertiary/aromatic N) is 3. The molecule has 3 aromatic carbocycles. The molecule has 0 aliphatic carbocycles. The first-order valence-electron chi connectivity index (χ1n) is 12.4. The second-order valence-electron chi connectivity index (χ2n) is 8.75. The number of ether oxygens (including phenoxy) is 2. The molecule has 12 heteroatoms. The molecule has 5 rings (SSSR count). The van der Waals surface area contributed by atoms with Gasteiger partial charge in [-0.1, -0.05) is 70.6 Å². The minimum Gasteiger partial charge on any atom is -0.507 e. The molecule has 2 heterocycles. The number of rotatable bonds is 9. The van der Waals surface area contributed by atoms with Crippen molar-refractivity contribution in [3.8, 4) is 11.5 Å². The number of anilines is 1. The van der Waals surface area contributed by atoms with Crippen molar-refractivity contribution in [3.05, 3.63) is 99.0 Å². The number of Topliss-reactive ketones (excluding diaryl/α,β-unsaturated/α-hetero) is 1. The lowest BCUT2D eigenvalue weighted by Gasteiger charge is -2.23. The van der Waals surface area contributed by atoms with Gasteiger partial charge < -0.3 is 14.6 Å². The summed E-state index contributed by atoms with van der Waals surface area (Å²) < 4.78 is 11.8. The largest absolute Gasteiger partial charge is 0.507 e. The maximum Gasteiger partial charge on any atom is 0.301 e. The Morgan fingerprint density at radius 2 is 1.80 bits per heavy atom. The zero-order valence-electron chi connectivity index (χ0n) is 21.8. The highest BCUT2D eigenvalue weighted by molar-refractivity contribution is 8.00. The Balaban J connectivity index is 1.58. The van der Waals surface area contributed by atoms with Crippen LogP contribution in [0.25, 0.3) is 5.76 Å². The van der Waals surface area contributed by atoms with Crippen LogP contribution < -0.4 is 14.4 Å². The van der Waals surface area contributed by atoms with Crippen LogP contribution in [-0.2, 0) is 15.3 Å². The summed E-state index contributed by atoms with van der Waals surface area (Å²) in [6, 6.07) is 17.9. The monoisotopic (exact) mass is 627 g/mol. The molecule has 1 unspecified atom stereocenters. The molecule has 1 aromatic heterocycles. The molecule has 0 bridgehead atoms. The molecule has 8 nitrogen and oxygen atoms in total. The van der Waals surface area contributed by atoms with Gasteiger partial charge in [-0.2, -0.15) is 0 Å². The summed E-state index contributed by atoms with van der Waals surface area (Å²) in [4.78, 5) is 28.3. The zero-order valence-corrected chi connectivity index (χ0v) is 25.0. The molecule has 1 N–H and O–H groups in total. The molecule has 0 saturated carbocycles. The number of benzene rings is 3. The van der Waals surface area contributed by atoms with Gasteiger partial charge in [-0.05, 0) is 60.5 Å². The number of halogens is 2. The van der Waals surface area contributed by atoms with Crippen LogP contribution in [0.3, 0.4) is 0 Å². The van der Waals surface area contributed by atoms with Crippen LogP contribution in [-0.4, -0.2) is 40.7 Å². The van der Waals surface area contributed by atoms with Gasteiger partial charge in [-0.3, -0.25) is 14.5 Å². The van der Waals surface area contributed by atoms with E-state index in [4.69, 9.17) is 32.7 Å². The van der Waals surface area contributed by atoms with Crippen molar-refractivity contribution in [2.24, 2.45) is 0 Å².